The Kier molecular flexibility index (Phi) is 3.47. The maximum atomic E-state index is 11.6. The first-order valence-corrected chi connectivity index (χ1v) is 6.45. The monoisotopic (exact) mass is 254 g/mol. The molecule has 92 valence electrons. The lowest BCUT2D eigenvalue weighted by molar-refractivity contribution is -0.148. The molecule has 0 saturated heterocycles. The highest BCUT2D eigenvalue weighted by atomic mass is 32.1. The predicted octanol–water partition coefficient (Wildman–Crippen LogP) is 2.11. The van der Waals surface area contributed by atoms with Gasteiger partial charge in [-0.05, 0) is 37.8 Å². The van der Waals surface area contributed by atoms with Crippen LogP contribution in [-0.2, 0) is 22.4 Å². The van der Waals surface area contributed by atoms with Gasteiger partial charge in [-0.3, -0.25) is 4.79 Å². The lowest BCUT2D eigenvalue weighted by Crippen LogP contribution is -2.23. The fourth-order valence-corrected chi connectivity index (χ4v) is 3.14. The molecule has 0 unspecified atom stereocenters. The number of thiophene rings is 1. The summed E-state index contributed by atoms with van der Waals surface area (Å²) in [5.41, 5.74) is 0.997. The van der Waals surface area contributed by atoms with Gasteiger partial charge in [-0.2, -0.15) is 0 Å². The number of hydrogen-bond donors (Lipinski definition) is 1. The molecule has 17 heavy (non-hydrogen) atoms. The molecule has 4 nitrogen and oxygen atoms in total. The summed E-state index contributed by atoms with van der Waals surface area (Å²) in [4.78, 5) is 23.9. The first-order valence-electron chi connectivity index (χ1n) is 5.63. The molecular formula is C12H14O4S. The molecule has 1 N–H and O–H groups in total. The molecular weight excluding hydrogens is 240 g/mol. The van der Waals surface area contributed by atoms with Crippen molar-refractivity contribution in [2.75, 3.05) is 6.61 Å². The fourth-order valence-electron chi connectivity index (χ4n) is 2.09. The van der Waals surface area contributed by atoms with Crippen molar-refractivity contribution in [3.8, 4) is 0 Å². The third-order valence-electron chi connectivity index (χ3n) is 2.91. The first kappa shape index (κ1) is 12.1. The van der Waals surface area contributed by atoms with Crippen LogP contribution in [0.15, 0.2) is 6.07 Å². The van der Waals surface area contributed by atoms with Crippen molar-refractivity contribution in [1.82, 2.24) is 0 Å². The minimum absolute atomic E-state index is 0.112. The van der Waals surface area contributed by atoms with Crippen LogP contribution in [0, 0.1) is 5.92 Å². The highest BCUT2D eigenvalue weighted by Gasteiger charge is 2.28. The van der Waals surface area contributed by atoms with Crippen molar-refractivity contribution in [3.63, 3.8) is 0 Å². The van der Waals surface area contributed by atoms with Crippen molar-refractivity contribution in [3.05, 3.63) is 21.4 Å². The van der Waals surface area contributed by atoms with Gasteiger partial charge >= 0.3 is 11.9 Å². The molecule has 0 aliphatic heterocycles. The zero-order valence-electron chi connectivity index (χ0n) is 9.56. The average molecular weight is 254 g/mol. The van der Waals surface area contributed by atoms with Crippen LogP contribution in [-0.4, -0.2) is 23.7 Å². The molecule has 0 spiro atoms. The number of esters is 1. The Labute approximate surface area is 103 Å². The third kappa shape index (κ3) is 2.49. The number of fused-ring (bicyclic) bond motifs is 1. The molecule has 0 bridgehead atoms. The van der Waals surface area contributed by atoms with E-state index in [1.807, 2.05) is 0 Å². The zero-order chi connectivity index (χ0) is 12.4. The fraction of sp³-hybridized carbons (Fsp3) is 0.500. The van der Waals surface area contributed by atoms with E-state index in [1.54, 1.807) is 13.0 Å². The summed E-state index contributed by atoms with van der Waals surface area (Å²) in [7, 11) is 0. The molecule has 1 aromatic heterocycles. The van der Waals surface area contributed by atoms with E-state index < -0.39 is 5.97 Å². The Morgan fingerprint density at radius 1 is 1.59 bits per heavy atom. The Morgan fingerprint density at radius 3 is 3.00 bits per heavy atom. The molecule has 1 aliphatic rings. The largest absolute Gasteiger partial charge is 0.477 e. The second kappa shape index (κ2) is 4.87. The molecule has 1 atom stereocenters. The van der Waals surface area contributed by atoms with E-state index in [1.165, 1.54) is 11.3 Å². The van der Waals surface area contributed by atoms with Gasteiger partial charge < -0.3 is 9.84 Å². The predicted molar refractivity (Wildman–Crippen MR) is 63.4 cm³/mol. The lowest BCUT2D eigenvalue weighted by atomic mass is 9.88. The van der Waals surface area contributed by atoms with Gasteiger partial charge in [-0.1, -0.05) is 0 Å². The summed E-state index contributed by atoms with van der Waals surface area (Å²) in [6.45, 7) is 2.19. The minimum atomic E-state index is -0.892. The topological polar surface area (TPSA) is 63.6 Å². The van der Waals surface area contributed by atoms with Gasteiger partial charge in [0.05, 0.1) is 12.5 Å². The van der Waals surface area contributed by atoms with Gasteiger partial charge in [0.1, 0.15) is 4.88 Å². The molecule has 0 amide bonds. The van der Waals surface area contributed by atoms with E-state index in [0.717, 1.165) is 23.3 Å². The SMILES string of the molecule is CCOC(=O)[C@H]1CCc2sc(C(=O)O)cc2C1. The molecule has 1 aliphatic carbocycles. The summed E-state index contributed by atoms with van der Waals surface area (Å²) in [5, 5.41) is 8.91. The normalized spacial score (nSPS) is 18.5. The van der Waals surface area contributed by atoms with Crippen LogP contribution < -0.4 is 0 Å². The zero-order valence-corrected chi connectivity index (χ0v) is 10.4. The van der Waals surface area contributed by atoms with Gasteiger partial charge in [-0.15, -0.1) is 11.3 Å². The van der Waals surface area contributed by atoms with Gasteiger partial charge in [0.25, 0.3) is 0 Å². The minimum Gasteiger partial charge on any atom is -0.477 e. The maximum absolute atomic E-state index is 11.6. The molecule has 1 aromatic rings. The van der Waals surface area contributed by atoms with Crippen LogP contribution in [0.3, 0.4) is 0 Å². The Balaban J connectivity index is 2.13. The first-order chi connectivity index (χ1) is 8.11. The second-order valence-electron chi connectivity index (χ2n) is 4.06. The summed E-state index contributed by atoms with van der Waals surface area (Å²) in [6, 6.07) is 1.69. The van der Waals surface area contributed by atoms with E-state index in [0.29, 0.717) is 17.9 Å². The van der Waals surface area contributed by atoms with Crippen LogP contribution in [0.2, 0.25) is 0 Å². The number of aromatic carboxylic acids is 1. The van der Waals surface area contributed by atoms with Crippen LogP contribution in [0.1, 0.15) is 33.5 Å². The Morgan fingerprint density at radius 2 is 2.35 bits per heavy atom. The van der Waals surface area contributed by atoms with E-state index >= 15 is 0 Å². The van der Waals surface area contributed by atoms with Gasteiger partial charge in [0.15, 0.2) is 0 Å². The number of rotatable bonds is 3. The molecule has 0 saturated carbocycles. The van der Waals surface area contributed by atoms with Crippen LogP contribution >= 0.6 is 11.3 Å². The van der Waals surface area contributed by atoms with Crippen molar-refractivity contribution in [2.24, 2.45) is 5.92 Å². The molecule has 2 rings (SSSR count). The lowest BCUT2D eigenvalue weighted by Gasteiger charge is -2.20. The molecule has 0 radical (unpaired) electrons. The molecule has 5 heteroatoms. The van der Waals surface area contributed by atoms with Gasteiger partial charge in [0, 0.05) is 4.88 Å². The van der Waals surface area contributed by atoms with Crippen molar-refractivity contribution >= 4 is 23.3 Å². The van der Waals surface area contributed by atoms with Crippen LogP contribution in [0.4, 0.5) is 0 Å². The highest BCUT2D eigenvalue weighted by molar-refractivity contribution is 7.14. The number of carbonyl (C=O) groups is 2. The van der Waals surface area contributed by atoms with E-state index in [9.17, 15) is 9.59 Å². The number of hydrogen-bond acceptors (Lipinski definition) is 4. The quantitative estimate of drug-likeness (QED) is 0.839. The Bertz CT molecular complexity index is 449. The van der Waals surface area contributed by atoms with Gasteiger partial charge in [-0.25, -0.2) is 4.79 Å². The molecule has 0 aromatic carbocycles. The Hall–Kier alpha value is -1.36. The second-order valence-corrected chi connectivity index (χ2v) is 5.19. The van der Waals surface area contributed by atoms with E-state index in [2.05, 4.69) is 0 Å². The third-order valence-corrected chi connectivity index (χ3v) is 4.14. The van der Waals surface area contributed by atoms with Crippen molar-refractivity contribution < 1.29 is 19.4 Å². The number of aryl methyl sites for hydroxylation is 1. The van der Waals surface area contributed by atoms with Crippen molar-refractivity contribution in [1.29, 1.82) is 0 Å². The highest BCUT2D eigenvalue weighted by Crippen LogP contribution is 2.32. The number of carbonyl (C=O) groups excluding carboxylic acids is 1. The smallest absolute Gasteiger partial charge is 0.345 e. The van der Waals surface area contributed by atoms with E-state index in [4.69, 9.17) is 9.84 Å². The molecule has 0 fully saturated rings. The number of carboxylic acid groups (broad SMARTS) is 1. The molecule has 1 heterocycles. The summed E-state index contributed by atoms with van der Waals surface area (Å²) in [5.74, 6) is -1.17. The standard InChI is InChI=1S/C12H14O4S/c1-2-16-12(15)7-3-4-9-8(5-7)6-10(17-9)11(13)14/h6-7H,2-5H2,1H3,(H,13,14)/t7-/m0/s1. The summed E-state index contributed by atoms with van der Waals surface area (Å²) < 4.78 is 5.00. The number of carboxylic acids is 1. The summed E-state index contributed by atoms with van der Waals surface area (Å²) in [6.07, 6.45) is 2.14. The van der Waals surface area contributed by atoms with Crippen molar-refractivity contribution in [2.45, 2.75) is 26.2 Å². The van der Waals surface area contributed by atoms with Crippen LogP contribution in [0.5, 0.6) is 0 Å². The number of ether oxygens (including phenoxy) is 1. The van der Waals surface area contributed by atoms with Crippen LogP contribution in [0.25, 0.3) is 0 Å². The summed E-state index contributed by atoms with van der Waals surface area (Å²) >= 11 is 1.32. The average Bonchev–Trinajstić information content (AvgIpc) is 2.71. The maximum Gasteiger partial charge on any atom is 0.345 e. The van der Waals surface area contributed by atoms with E-state index in [-0.39, 0.29) is 11.9 Å². The van der Waals surface area contributed by atoms with Gasteiger partial charge in [0.2, 0.25) is 0 Å².